The average molecular weight is 234 g/mol. The fourth-order valence-corrected chi connectivity index (χ4v) is 1.25. The van der Waals surface area contributed by atoms with Gasteiger partial charge >= 0.3 is 5.97 Å². The van der Waals surface area contributed by atoms with Gasteiger partial charge in [0.25, 0.3) is 0 Å². The Morgan fingerprint density at radius 1 is 1.41 bits per heavy atom. The molecule has 0 radical (unpaired) electrons. The normalized spacial score (nSPS) is 10.4. The second kappa shape index (κ2) is 4.64. The minimum atomic E-state index is -0.901. The van der Waals surface area contributed by atoms with Gasteiger partial charge in [-0.25, -0.2) is 9.67 Å². The van der Waals surface area contributed by atoms with E-state index in [-0.39, 0.29) is 13.0 Å². The van der Waals surface area contributed by atoms with Crippen LogP contribution in [0.4, 0.5) is 0 Å². The number of carbonyl (C=O) groups is 1. The lowest BCUT2D eigenvalue weighted by atomic mass is 10.4. The largest absolute Gasteiger partial charge is 0.481 e. The van der Waals surface area contributed by atoms with Crippen LogP contribution in [0.2, 0.25) is 0 Å². The van der Waals surface area contributed by atoms with E-state index in [1.807, 2.05) is 6.92 Å². The zero-order valence-corrected chi connectivity index (χ0v) is 9.11. The highest BCUT2D eigenvalue weighted by Crippen LogP contribution is 2.11. The lowest BCUT2D eigenvalue weighted by Gasteiger charge is -2.01. The predicted molar refractivity (Wildman–Crippen MR) is 55.8 cm³/mol. The highest BCUT2D eigenvalue weighted by Gasteiger charge is 2.11. The SMILES string of the molecule is Cc1cnc(-c2nnnn2CCC(=O)O)cn1. The molecule has 2 aromatic heterocycles. The Bertz CT molecular complexity index is 521. The Hall–Kier alpha value is -2.38. The Kier molecular flexibility index (Phi) is 3.03. The highest BCUT2D eigenvalue weighted by molar-refractivity contribution is 5.66. The molecule has 88 valence electrons. The summed E-state index contributed by atoms with van der Waals surface area (Å²) in [7, 11) is 0. The number of tetrazole rings is 1. The number of aliphatic carboxylic acids is 1. The van der Waals surface area contributed by atoms with Crippen molar-refractivity contribution >= 4 is 5.97 Å². The second-order valence-corrected chi connectivity index (χ2v) is 3.41. The van der Waals surface area contributed by atoms with Crippen LogP contribution in [0, 0.1) is 6.92 Å². The molecule has 0 amide bonds. The summed E-state index contributed by atoms with van der Waals surface area (Å²) < 4.78 is 1.40. The van der Waals surface area contributed by atoms with Gasteiger partial charge < -0.3 is 5.11 Å². The molecule has 0 aromatic carbocycles. The molecule has 2 rings (SSSR count). The lowest BCUT2D eigenvalue weighted by Crippen LogP contribution is -2.08. The molecule has 8 nitrogen and oxygen atoms in total. The van der Waals surface area contributed by atoms with Crippen LogP contribution in [-0.4, -0.2) is 41.3 Å². The molecule has 0 saturated carbocycles. The maximum atomic E-state index is 10.5. The maximum Gasteiger partial charge on any atom is 0.305 e. The molecule has 8 heteroatoms. The Balaban J connectivity index is 2.24. The van der Waals surface area contributed by atoms with Crippen molar-refractivity contribution in [2.75, 3.05) is 0 Å². The number of nitrogens with zero attached hydrogens (tertiary/aromatic N) is 6. The van der Waals surface area contributed by atoms with Gasteiger partial charge in [0.15, 0.2) is 0 Å². The first-order chi connectivity index (χ1) is 8.16. The van der Waals surface area contributed by atoms with Crippen molar-refractivity contribution in [3.05, 3.63) is 18.1 Å². The van der Waals surface area contributed by atoms with Gasteiger partial charge in [0.05, 0.1) is 24.9 Å². The molecule has 0 fully saturated rings. The minimum Gasteiger partial charge on any atom is -0.481 e. The fraction of sp³-hybridized carbons (Fsp3) is 0.333. The Morgan fingerprint density at radius 2 is 2.24 bits per heavy atom. The Morgan fingerprint density at radius 3 is 2.88 bits per heavy atom. The summed E-state index contributed by atoms with van der Waals surface area (Å²) in [5.74, 6) is -0.486. The summed E-state index contributed by atoms with van der Waals surface area (Å²) in [5.41, 5.74) is 1.31. The number of hydrogen-bond acceptors (Lipinski definition) is 6. The molecular formula is C9H10N6O2. The Labute approximate surface area is 96.3 Å². The van der Waals surface area contributed by atoms with E-state index >= 15 is 0 Å². The van der Waals surface area contributed by atoms with E-state index in [0.717, 1.165) is 5.69 Å². The van der Waals surface area contributed by atoms with Gasteiger partial charge in [0.1, 0.15) is 5.69 Å². The van der Waals surface area contributed by atoms with Crippen molar-refractivity contribution in [3.8, 4) is 11.5 Å². The minimum absolute atomic E-state index is 0.0443. The van der Waals surface area contributed by atoms with E-state index in [9.17, 15) is 4.79 Å². The molecule has 0 bridgehead atoms. The molecule has 17 heavy (non-hydrogen) atoms. The molecule has 0 unspecified atom stereocenters. The molecule has 0 aliphatic carbocycles. The van der Waals surface area contributed by atoms with Gasteiger partial charge in [-0.1, -0.05) is 0 Å². The first kappa shape index (κ1) is 11.1. The number of carboxylic acid groups (broad SMARTS) is 1. The van der Waals surface area contributed by atoms with Crippen LogP contribution in [-0.2, 0) is 11.3 Å². The third-order valence-electron chi connectivity index (χ3n) is 2.08. The summed E-state index contributed by atoms with van der Waals surface area (Å²) in [4.78, 5) is 18.7. The van der Waals surface area contributed by atoms with Gasteiger partial charge in [-0.2, -0.15) is 0 Å². The topological polar surface area (TPSA) is 107 Å². The molecule has 0 saturated heterocycles. The summed E-state index contributed by atoms with van der Waals surface area (Å²) >= 11 is 0. The third kappa shape index (κ3) is 2.60. The number of hydrogen-bond donors (Lipinski definition) is 1. The predicted octanol–water partition coefficient (Wildman–Crippen LogP) is -0.0868. The van der Waals surface area contributed by atoms with Gasteiger partial charge in [-0.3, -0.25) is 9.78 Å². The maximum absolute atomic E-state index is 10.5. The summed E-state index contributed by atoms with van der Waals surface area (Å²) in [6.07, 6.45) is 3.11. The van der Waals surface area contributed by atoms with Crippen LogP contribution < -0.4 is 0 Å². The standard InChI is InChI=1S/C9H10N6O2/c1-6-4-11-7(5-10-6)9-12-13-14-15(9)3-2-8(16)17/h4-5H,2-3H2,1H3,(H,16,17). The zero-order chi connectivity index (χ0) is 12.3. The molecule has 0 spiro atoms. The number of rotatable bonds is 4. The lowest BCUT2D eigenvalue weighted by molar-refractivity contribution is -0.137. The van der Waals surface area contributed by atoms with Gasteiger partial charge in [-0.05, 0) is 17.4 Å². The van der Waals surface area contributed by atoms with E-state index < -0.39 is 5.97 Å². The molecule has 0 atom stereocenters. The number of aryl methyl sites for hydroxylation is 2. The van der Waals surface area contributed by atoms with E-state index in [4.69, 9.17) is 5.11 Å². The molecule has 0 aliphatic rings. The monoisotopic (exact) mass is 234 g/mol. The number of carboxylic acids is 1. The molecule has 2 aromatic rings. The van der Waals surface area contributed by atoms with Gasteiger partial charge in [0, 0.05) is 6.20 Å². The summed E-state index contributed by atoms with van der Waals surface area (Å²) in [6, 6.07) is 0. The zero-order valence-electron chi connectivity index (χ0n) is 9.11. The average Bonchev–Trinajstić information content (AvgIpc) is 2.75. The van der Waals surface area contributed by atoms with E-state index in [1.54, 1.807) is 12.4 Å². The van der Waals surface area contributed by atoms with Crippen LogP contribution in [0.3, 0.4) is 0 Å². The van der Waals surface area contributed by atoms with Crippen molar-refractivity contribution in [1.29, 1.82) is 0 Å². The first-order valence-corrected chi connectivity index (χ1v) is 4.94. The van der Waals surface area contributed by atoms with Crippen molar-refractivity contribution in [1.82, 2.24) is 30.2 Å². The molecule has 2 heterocycles. The van der Waals surface area contributed by atoms with Crippen LogP contribution >= 0.6 is 0 Å². The molecule has 0 aliphatic heterocycles. The van der Waals surface area contributed by atoms with Crippen molar-refractivity contribution in [2.24, 2.45) is 0 Å². The first-order valence-electron chi connectivity index (χ1n) is 4.94. The smallest absolute Gasteiger partial charge is 0.305 e. The van der Waals surface area contributed by atoms with Crippen LogP contribution in [0.1, 0.15) is 12.1 Å². The molecule has 1 N–H and O–H groups in total. The van der Waals surface area contributed by atoms with Crippen LogP contribution in [0.15, 0.2) is 12.4 Å². The van der Waals surface area contributed by atoms with E-state index in [0.29, 0.717) is 11.5 Å². The second-order valence-electron chi connectivity index (χ2n) is 3.41. The summed E-state index contributed by atoms with van der Waals surface area (Å²) in [5, 5.41) is 19.6. The van der Waals surface area contributed by atoms with Gasteiger partial charge in [-0.15, -0.1) is 5.10 Å². The van der Waals surface area contributed by atoms with Crippen molar-refractivity contribution in [2.45, 2.75) is 19.9 Å². The quantitative estimate of drug-likeness (QED) is 0.787. The highest BCUT2D eigenvalue weighted by atomic mass is 16.4. The third-order valence-corrected chi connectivity index (χ3v) is 2.08. The fourth-order valence-electron chi connectivity index (χ4n) is 1.25. The molecular weight excluding hydrogens is 224 g/mol. The number of aromatic nitrogens is 6. The van der Waals surface area contributed by atoms with Crippen LogP contribution in [0.5, 0.6) is 0 Å². The van der Waals surface area contributed by atoms with E-state index in [1.165, 1.54) is 4.68 Å². The van der Waals surface area contributed by atoms with Gasteiger partial charge in [0.2, 0.25) is 5.82 Å². The van der Waals surface area contributed by atoms with Crippen molar-refractivity contribution in [3.63, 3.8) is 0 Å². The van der Waals surface area contributed by atoms with Crippen molar-refractivity contribution < 1.29 is 9.90 Å². The summed E-state index contributed by atoms with van der Waals surface area (Å²) in [6.45, 7) is 2.03. The van der Waals surface area contributed by atoms with E-state index in [2.05, 4.69) is 25.5 Å². The van der Waals surface area contributed by atoms with Crippen LogP contribution in [0.25, 0.3) is 11.5 Å².